The lowest BCUT2D eigenvalue weighted by atomic mass is 10.2. The third kappa shape index (κ3) is 3.97. The Morgan fingerprint density at radius 1 is 1.55 bits per heavy atom. The number of nitrogens with two attached hydrogens (primary N) is 1. The predicted molar refractivity (Wildman–Crippen MR) is 75.4 cm³/mol. The Kier molecular flexibility index (Phi) is 4.97. The zero-order valence-corrected chi connectivity index (χ0v) is 11.7. The van der Waals surface area contributed by atoms with E-state index in [2.05, 4.69) is 20.6 Å². The Morgan fingerprint density at radius 3 is 3.10 bits per heavy atom. The van der Waals surface area contributed by atoms with Crippen LogP contribution < -0.4 is 16.0 Å². The van der Waals surface area contributed by atoms with Gasteiger partial charge in [0.25, 0.3) is 5.91 Å². The van der Waals surface area contributed by atoms with Crippen molar-refractivity contribution in [1.82, 2.24) is 20.6 Å². The number of nitrogens with zero attached hydrogens (tertiary/aromatic N) is 2. The van der Waals surface area contributed by atoms with Gasteiger partial charge in [0.05, 0.1) is 6.61 Å². The van der Waals surface area contributed by atoms with E-state index in [0.29, 0.717) is 28.8 Å². The minimum Gasteiger partial charge on any atom is -0.493 e. The van der Waals surface area contributed by atoms with Gasteiger partial charge in [-0.2, -0.15) is 0 Å². The molecule has 8 heteroatoms. The molecule has 0 aliphatic heterocycles. The number of rotatable bonds is 6. The van der Waals surface area contributed by atoms with Crippen molar-refractivity contribution >= 4 is 17.7 Å². The molecule has 0 aliphatic rings. The molecule has 1 aromatic carbocycles. The molecule has 0 saturated heterocycles. The summed E-state index contributed by atoms with van der Waals surface area (Å²) in [5, 5.41) is 7.48. The molecule has 1 aromatic heterocycles. The zero-order valence-electron chi connectivity index (χ0n) is 10.9. The van der Waals surface area contributed by atoms with E-state index in [1.54, 1.807) is 24.3 Å². The van der Waals surface area contributed by atoms with Crippen molar-refractivity contribution in [1.29, 1.82) is 0 Å². The molecule has 0 radical (unpaired) electrons. The van der Waals surface area contributed by atoms with E-state index < -0.39 is 0 Å². The van der Waals surface area contributed by atoms with E-state index in [9.17, 15) is 4.79 Å². The van der Waals surface area contributed by atoms with Gasteiger partial charge in [-0.1, -0.05) is 17.8 Å². The van der Waals surface area contributed by atoms with Gasteiger partial charge in [0.1, 0.15) is 11.6 Å². The number of H-pyrrole nitrogens is 1. The van der Waals surface area contributed by atoms with E-state index in [-0.39, 0.29) is 5.91 Å². The Labute approximate surface area is 120 Å². The molecule has 2 aromatic rings. The minimum absolute atomic E-state index is 0.346. The molecule has 0 spiro atoms. The first kappa shape index (κ1) is 14.4. The highest BCUT2D eigenvalue weighted by molar-refractivity contribution is 7.99. The molecule has 7 nitrogen and oxygen atoms in total. The summed E-state index contributed by atoms with van der Waals surface area (Å²) in [7, 11) is 0. The SMILES string of the molecule is Cc1nc(SCCOc2cccc(C(=O)NN)c2)n[nH]1. The number of hydrazine groups is 1. The quantitative estimate of drug-likeness (QED) is 0.240. The van der Waals surface area contributed by atoms with Crippen LogP contribution in [-0.4, -0.2) is 33.4 Å². The maximum Gasteiger partial charge on any atom is 0.265 e. The molecule has 4 N–H and O–H groups in total. The van der Waals surface area contributed by atoms with Crippen LogP contribution in [0, 0.1) is 6.92 Å². The summed E-state index contributed by atoms with van der Waals surface area (Å²) < 4.78 is 5.56. The Hall–Kier alpha value is -2.06. The van der Waals surface area contributed by atoms with Crippen LogP contribution in [0.25, 0.3) is 0 Å². The number of nitrogens with one attached hydrogen (secondary N) is 2. The van der Waals surface area contributed by atoms with Gasteiger partial charge in [-0.15, -0.1) is 5.10 Å². The molecule has 2 rings (SSSR count). The highest BCUT2D eigenvalue weighted by Crippen LogP contribution is 2.15. The second-order valence-corrected chi connectivity index (χ2v) is 4.96. The van der Waals surface area contributed by atoms with Gasteiger partial charge in [-0.25, -0.2) is 10.8 Å². The summed E-state index contributed by atoms with van der Waals surface area (Å²) in [6.45, 7) is 2.34. The van der Waals surface area contributed by atoms with Crippen LogP contribution in [0.5, 0.6) is 5.75 Å². The van der Waals surface area contributed by atoms with Crippen molar-refractivity contribution in [3.8, 4) is 5.75 Å². The molecule has 1 heterocycles. The molecule has 0 bridgehead atoms. The normalized spacial score (nSPS) is 10.3. The number of thioether (sulfide) groups is 1. The third-order valence-electron chi connectivity index (χ3n) is 2.39. The van der Waals surface area contributed by atoms with E-state index in [1.807, 2.05) is 6.92 Å². The number of ether oxygens (including phenoxy) is 1. The fourth-order valence-corrected chi connectivity index (χ4v) is 2.15. The second-order valence-electron chi connectivity index (χ2n) is 3.90. The number of carbonyl (C=O) groups excluding carboxylic acids is 1. The third-order valence-corrected chi connectivity index (χ3v) is 3.20. The van der Waals surface area contributed by atoms with Crippen molar-refractivity contribution in [2.45, 2.75) is 12.1 Å². The fourth-order valence-electron chi connectivity index (χ4n) is 1.49. The Bertz CT molecular complexity index is 587. The van der Waals surface area contributed by atoms with Crippen molar-refractivity contribution in [3.63, 3.8) is 0 Å². The van der Waals surface area contributed by atoms with Crippen molar-refractivity contribution < 1.29 is 9.53 Å². The maximum absolute atomic E-state index is 11.4. The molecule has 0 fully saturated rings. The smallest absolute Gasteiger partial charge is 0.265 e. The number of aromatic amines is 1. The lowest BCUT2D eigenvalue weighted by Crippen LogP contribution is -2.29. The van der Waals surface area contributed by atoms with Gasteiger partial charge >= 0.3 is 0 Å². The van der Waals surface area contributed by atoms with Gasteiger partial charge in [-0.3, -0.25) is 15.3 Å². The molecular formula is C12H15N5O2S. The number of carbonyl (C=O) groups is 1. The largest absolute Gasteiger partial charge is 0.493 e. The average molecular weight is 293 g/mol. The monoisotopic (exact) mass is 293 g/mol. The van der Waals surface area contributed by atoms with Crippen LogP contribution in [0.3, 0.4) is 0 Å². The van der Waals surface area contributed by atoms with E-state index in [0.717, 1.165) is 5.82 Å². The lowest BCUT2D eigenvalue weighted by molar-refractivity contribution is 0.0953. The van der Waals surface area contributed by atoms with Crippen LogP contribution in [-0.2, 0) is 0 Å². The zero-order chi connectivity index (χ0) is 14.4. The van der Waals surface area contributed by atoms with Crippen LogP contribution in [0.2, 0.25) is 0 Å². The number of benzene rings is 1. The van der Waals surface area contributed by atoms with Gasteiger partial charge in [0, 0.05) is 11.3 Å². The fraction of sp³-hybridized carbons (Fsp3) is 0.250. The maximum atomic E-state index is 11.4. The number of nitrogen functional groups attached to an aromatic ring is 1. The number of hydrogen-bond acceptors (Lipinski definition) is 6. The first-order valence-electron chi connectivity index (χ1n) is 5.94. The first-order valence-corrected chi connectivity index (χ1v) is 6.93. The van der Waals surface area contributed by atoms with Gasteiger partial charge in [0.15, 0.2) is 0 Å². The number of aromatic nitrogens is 3. The molecule has 0 unspecified atom stereocenters. The molecule has 0 saturated carbocycles. The molecule has 106 valence electrons. The first-order chi connectivity index (χ1) is 9.69. The van der Waals surface area contributed by atoms with E-state index >= 15 is 0 Å². The summed E-state index contributed by atoms with van der Waals surface area (Å²) in [6, 6.07) is 6.84. The Balaban J connectivity index is 1.80. The topological polar surface area (TPSA) is 106 Å². The van der Waals surface area contributed by atoms with Crippen molar-refractivity contribution in [2.24, 2.45) is 5.84 Å². The highest BCUT2D eigenvalue weighted by atomic mass is 32.2. The summed E-state index contributed by atoms with van der Waals surface area (Å²) in [4.78, 5) is 15.5. The van der Waals surface area contributed by atoms with E-state index in [1.165, 1.54) is 11.8 Å². The van der Waals surface area contributed by atoms with Crippen LogP contribution >= 0.6 is 11.8 Å². The molecule has 0 aliphatic carbocycles. The Morgan fingerprint density at radius 2 is 2.40 bits per heavy atom. The summed E-state index contributed by atoms with van der Waals surface area (Å²) in [6.07, 6.45) is 0. The van der Waals surface area contributed by atoms with Crippen molar-refractivity contribution in [2.75, 3.05) is 12.4 Å². The van der Waals surface area contributed by atoms with Crippen LogP contribution in [0.1, 0.15) is 16.2 Å². The highest BCUT2D eigenvalue weighted by Gasteiger charge is 2.05. The summed E-state index contributed by atoms with van der Waals surface area (Å²) in [5.41, 5.74) is 2.54. The number of amides is 1. The predicted octanol–water partition coefficient (Wildman–Crippen LogP) is 0.888. The molecule has 0 atom stereocenters. The molecule has 20 heavy (non-hydrogen) atoms. The van der Waals surface area contributed by atoms with E-state index in [4.69, 9.17) is 10.6 Å². The number of aryl methyl sites for hydroxylation is 1. The van der Waals surface area contributed by atoms with Gasteiger partial charge < -0.3 is 4.74 Å². The molecular weight excluding hydrogens is 278 g/mol. The van der Waals surface area contributed by atoms with Gasteiger partial charge in [0.2, 0.25) is 5.16 Å². The number of hydrogen-bond donors (Lipinski definition) is 3. The van der Waals surface area contributed by atoms with Crippen LogP contribution in [0.4, 0.5) is 0 Å². The van der Waals surface area contributed by atoms with Crippen molar-refractivity contribution in [3.05, 3.63) is 35.7 Å². The standard InChI is InChI=1S/C12H15N5O2S/c1-8-14-12(17-16-8)20-6-5-19-10-4-2-3-9(7-10)11(18)15-13/h2-4,7H,5-6,13H2,1H3,(H,15,18)(H,14,16,17). The molecule has 1 amide bonds. The average Bonchev–Trinajstić information content (AvgIpc) is 2.88. The lowest BCUT2D eigenvalue weighted by Gasteiger charge is -2.06. The summed E-state index contributed by atoms with van der Waals surface area (Å²) >= 11 is 1.50. The van der Waals surface area contributed by atoms with Gasteiger partial charge in [-0.05, 0) is 25.1 Å². The second kappa shape index (κ2) is 6.92. The minimum atomic E-state index is -0.346. The van der Waals surface area contributed by atoms with Crippen LogP contribution in [0.15, 0.2) is 29.4 Å². The summed E-state index contributed by atoms with van der Waals surface area (Å²) in [5.74, 6) is 6.86.